The molecule has 2 aromatic heterocycles. The molecule has 10 heteroatoms. The van der Waals surface area contributed by atoms with E-state index < -0.39 is 11.7 Å². The quantitative estimate of drug-likeness (QED) is 0.444. The van der Waals surface area contributed by atoms with Gasteiger partial charge in [0.2, 0.25) is 5.28 Å². The number of nitrogens with zero attached hydrogens (tertiary/aromatic N) is 5. The first-order valence-electron chi connectivity index (χ1n) is 9.82. The van der Waals surface area contributed by atoms with Gasteiger partial charge in [0.05, 0.1) is 35.7 Å². The van der Waals surface area contributed by atoms with E-state index >= 15 is 0 Å². The van der Waals surface area contributed by atoms with E-state index in [9.17, 15) is 10.1 Å². The Hall–Kier alpha value is -2.57. The number of aromatic nitrogens is 2. The Bertz CT molecular complexity index is 1200. The molecule has 8 nitrogen and oxygen atoms in total. The van der Waals surface area contributed by atoms with Crippen molar-refractivity contribution in [2.45, 2.75) is 38.8 Å². The molecule has 0 N–H and O–H groups in total. The molecule has 3 heterocycles. The molecule has 1 fully saturated rings. The van der Waals surface area contributed by atoms with Gasteiger partial charge in [0, 0.05) is 29.5 Å². The van der Waals surface area contributed by atoms with Crippen molar-refractivity contribution in [3.8, 4) is 6.07 Å². The van der Waals surface area contributed by atoms with Crippen LogP contribution in [0.15, 0.2) is 27.3 Å². The molecule has 0 aliphatic carbocycles. The Balaban J connectivity index is 1.73. The summed E-state index contributed by atoms with van der Waals surface area (Å²) in [5, 5.41) is 11.1. The fraction of sp³-hybridized carbons (Fsp3) is 0.429. The lowest BCUT2D eigenvalue weighted by Gasteiger charge is -2.41. The average molecular weight is 507 g/mol. The predicted molar refractivity (Wildman–Crippen MR) is 121 cm³/mol. The molecule has 1 aromatic carbocycles. The molecule has 31 heavy (non-hydrogen) atoms. The number of anilines is 1. The number of fused-ring (bicyclic) bond motifs is 3. The number of halogens is 2. The average Bonchev–Trinajstić information content (AvgIpc) is 3.16. The van der Waals surface area contributed by atoms with E-state index in [0.717, 1.165) is 15.2 Å². The van der Waals surface area contributed by atoms with E-state index in [1.54, 1.807) is 11.2 Å². The molecular weight excluding hydrogens is 486 g/mol. The standard InChI is InChI=1S/C21H21BrClN5O3/c1-21(2,3)31-20(29)28-8-7-27(11-12(28)4-6-24)18-16-15(25-19(23)26-18)10-14(22)13-5-9-30-17(13)16/h5,9-10,12H,4,7-8,11H2,1-3H3/t12-/m0/s1. The minimum absolute atomic E-state index is 0.117. The molecular formula is C21H21BrClN5O3. The Morgan fingerprint density at radius 1 is 1.42 bits per heavy atom. The fourth-order valence-corrected chi connectivity index (χ4v) is 4.47. The van der Waals surface area contributed by atoms with Crippen molar-refractivity contribution in [1.29, 1.82) is 5.26 Å². The van der Waals surface area contributed by atoms with Gasteiger partial charge in [0.15, 0.2) is 0 Å². The highest BCUT2D eigenvalue weighted by molar-refractivity contribution is 9.10. The summed E-state index contributed by atoms with van der Waals surface area (Å²) in [6.45, 7) is 6.77. The maximum Gasteiger partial charge on any atom is 0.410 e. The lowest BCUT2D eigenvalue weighted by molar-refractivity contribution is 0.0145. The molecule has 1 aliphatic heterocycles. The Kier molecular flexibility index (Phi) is 5.71. The lowest BCUT2D eigenvalue weighted by Crippen LogP contribution is -2.56. The molecule has 0 radical (unpaired) electrons. The van der Waals surface area contributed by atoms with Crippen LogP contribution in [0.3, 0.4) is 0 Å². The summed E-state index contributed by atoms with van der Waals surface area (Å²) < 4.78 is 12.1. The molecule has 1 aliphatic rings. The van der Waals surface area contributed by atoms with Gasteiger partial charge in [-0.15, -0.1) is 0 Å². The molecule has 0 unspecified atom stereocenters. The van der Waals surface area contributed by atoms with E-state index in [2.05, 4.69) is 32.0 Å². The van der Waals surface area contributed by atoms with Crippen molar-refractivity contribution in [3.05, 3.63) is 28.2 Å². The SMILES string of the molecule is CC(C)(C)OC(=O)N1CCN(c2nc(Cl)nc3cc(Br)c4ccoc4c23)C[C@@H]1CC#N. The first kappa shape index (κ1) is 21.7. The van der Waals surface area contributed by atoms with Crippen LogP contribution in [0.2, 0.25) is 5.28 Å². The van der Waals surface area contributed by atoms with Crippen molar-refractivity contribution < 1.29 is 13.9 Å². The third-order valence-electron chi connectivity index (χ3n) is 5.04. The summed E-state index contributed by atoms with van der Waals surface area (Å²) in [6, 6.07) is 5.59. The van der Waals surface area contributed by atoms with Crippen LogP contribution in [-0.2, 0) is 4.74 Å². The van der Waals surface area contributed by atoms with Gasteiger partial charge in [-0.25, -0.2) is 9.78 Å². The van der Waals surface area contributed by atoms with Crippen LogP contribution < -0.4 is 4.90 Å². The van der Waals surface area contributed by atoms with Gasteiger partial charge >= 0.3 is 6.09 Å². The largest absolute Gasteiger partial charge is 0.463 e. The van der Waals surface area contributed by atoms with Crippen molar-refractivity contribution in [2.24, 2.45) is 0 Å². The van der Waals surface area contributed by atoms with E-state index in [4.69, 9.17) is 20.8 Å². The zero-order valence-electron chi connectivity index (χ0n) is 17.4. The molecule has 1 amide bonds. The topological polar surface area (TPSA) is 95.5 Å². The fourth-order valence-electron chi connectivity index (χ4n) is 3.77. The number of rotatable bonds is 2. The first-order chi connectivity index (χ1) is 14.7. The van der Waals surface area contributed by atoms with E-state index in [1.165, 1.54) is 0 Å². The third-order valence-corrected chi connectivity index (χ3v) is 5.87. The third kappa shape index (κ3) is 4.27. The highest BCUT2D eigenvalue weighted by Crippen LogP contribution is 2.37. The smallest absolute Gasteiger partial charge is 0.410 e. The number of benzene rings is 1. The normalized spacial score (nSPS) is 17.2. The molecule has 0 bridgehead atoms. The number of furan rings is 1. The minimum atomic E-state index is -0.611. The van der Waals surface area contributed by atoms with Crippen molar-refractivity contribution >= 4 is 61.3 Å². The molecule has 1 saturated heterocycles. The van der Waals surface area contributed by atoms with Gasteiger partial charge in [0.25, 0.3) is 0 Å². The van der Waals surface area contributed by atoms with Crippen LogP contribution in [0.1, 0.15) is 27.2 Å². The number of piperazine rings is 1. The monoisotopic (exact) mass is 505 g/mol. The Morgan fingerprint density at radius 3 is 2.90 bits per heavy atom. The highest BCUT2D eigenvalue weighted by atomic mass is 79.9. The molecule has 1 atom stereocenters. The molecule has 0 saturated carbocycles. The molecule has 162 valence electrons. The summed E-state index contributed by atoms with van der Waals surface area (Å²) in [7, 11) is 0. The molecule has 4 rings (SSSR count). The predicted octanol–water partition coefficient (Wildman–Crippen LogP) is 5.13. The number of ether oxygens (including phenoxy) is 1. The summed E-state index contributed by atoms with van der Waals surface area (Å²) in [5.74, 6) is 0.620. The van der Waals surface area contributed by atoms with Crippen molar-refractivity contribution in [3.63, 3.8) is 0 Å². The number of hydrogen-bond donors (Lipinski definition) is 0. The minimum Gasteiger partial charge on any atom is -0.463 e. The Morgan fingerprint density at radius 2 is 2.19 bits per heavy atom. The number of carbonyl (C=O) groups is 1. The number of carbonyl (C=O) groups excluding carboxylic acids is 1. The summed E-state index contributed by atoms with van der Waals surface area (Å²) >= 11 is 9.79. The maximum absolute atomic E-state index is 12.7. The van der Waals surface area contributed by atoms with Gasteiger partial charge < -0.3 is 19.0 Å². The second kappa shape index (κ2) is 8.17. The number of amides is 1. The van der Waals surface area contributed by atoms with Crippen LogP contribution in [0.25, 0.3) is 21.9 Å². The zero-order valence-corrected chi connectivity index (χ0v) is 19.7. The Labute approximate surface area is 192 Å². The molecule has 3 aromatic rings. The maximum atomic E-state index is 12.7. The lowest BCUT2D eigenvalue weighted by atomic mass is 10.1. The van der Waals surface area contributed by atoms with E-state index in [0.29, 0.717) is 36.6 Å². The first-order valence-corrected chi connectivity index (χ1v) is 11.0. The van der Waals surface area contributed by atoms with Gasteiger partial charge in [0.1, 0.15) is 17.0 Å². The molecule has 0 spiro atoms. The van der Waals surface area contributed by atoms with E-state index in [1.807, 2.05) is 37.8 Å². The van der Waals surface area contributed by atoms with Gasteiger partial charge in [-0.2, -0.15) is 10.2 Å². The van der Waals surface area contributed by atoms with Crippen LogP contribution in [0, 0.1) is 11.3 Å². The van der Waals surface area contributed by atoms with Crippen molar-refractivity contribution in [1.82, 2.24) is 14.9 Å². The summed E-state index contributed by atoms with van der Waals surface area (Å²) in [4.78, 5) is 25.2. The van der Waals surface area contributed by atoms with Crippen LogP contribution in [-0.4, -0.2) is 52.2 Å². The summed E-state index contributed by atoms with van der Waals surface area (Å²) in [5.41, 5.74) is 0.693. The van der Waals surface area contributed by atoms with Crippen LogP contribution >= 0.6 is 27.5 Å². The second-order valence-electron chi connectivity index (χ2n) is 8.37. The van der Waals surface area contributed by atoms with Crippen LogP contribution in [0.5, 0.6) is 0 Å². The van der Waals surface area contributed by atoms with Gasteiger partial charge in [-0.1, -0.05) is 0 Å². The van der Waals surface area contributed by atoms with E-state index in [-0.39, 0.29) is 17.7 Å². The number of nitriles is 1. The number of hydrogen-bond acceptors (Lipinski definition) is 7. The van der Waals surface area contributed by atoms with Crippen LogP contribution in [0.4, 0.5) is 10.6 Å². The summed E-state index contributed by atoms with van der Waals surface area (Å²) in [6.07, 6.45) is 1.37. The highest BCUT2D eigenvalue weighted by Gasteiger charge is 2.34. The van der Waals surface area contributed by atoms with Gasteiger partial charge in [-0.3, -0.25) is 0 Å². The zero-order chi connectivity index (χ0) is 22.3. The second-order valence-corrected chi connectivity index (χ2v) is 9.56. The van der Waals surface area contributed by atoms with Crippen molar-refractivity contribution in [2.75, 3.05) is 24.5 Å². The van der Waals surface area contributed by atoms with Gasteiger partial charge in [-0.05, 0) is 60.4 Å².